The van der Waals surface area contributed by atoms with E-state index in [2.05, 4.69) is 10.2 Å². The molecule has 1 amide bonds. The summed E-state index contributed by atoms with van der Waals surface area (Å²) in [6, 6.07) is 1.68. The van der Waals surface area contributed by atoms with Gasteiger partial charge in [-0.05, 0) is 25.3 Å². The minimum atomic E-state index is -0.832. The van der Waals surface area contributed by atoms with Crippen LogP contribution in [0.3, 0.4) is 0 Å². The van der Waals surface area contributed by atoms with Crippen molar-refractivity contribution in [1.29, 1.82) is 0 Å². The van der Waals surface area contributed by atoms with Crippen LogP contribution in [-0.2, 0) is 4.79 Å². The van der Waals surface area contributed by atoms with E-state index < -0.39 is 11.4 Å². The van der Waals surface area contributed by atoms with E-state index >= 15 is 0 Å². The largest absolute Gasteiger partial charge is 0.481 e. The van der Waals surface area contributed by atoms with Gasteiger partial charge in [-0.1, -0.05) is 13.8 Å². The van der Waals surface area contributed by atoms with Crippen molar-refractivity contribution in [2.24, 2.45) is 11.3 Å². The Balaban J connectivity index is 2.18. The number of carboxylic acid groups (broad SMARTS) is 1. The molecule has 2 heterocycles. The summed E-state index contributed by atoms with van der Waals surface area (Å²) in [5.74, 6) is -1.03. The number of nitrogens with one attached hydrogen (secondary N) is 1. The van der Waals surface area contributed by atoms with Gasteiger partial charge in [0.1, 0.15) is 5.69 Å². The van der Waals surface area contributed by atoms with Crippen molar-refractivity contribution in [3.05, 3.63) is 17.5 Å². The van der Waals surface area contributed by atoms with E-state index in [4.69, 9.17) is 0 Å². The zero-order valence-corrected chi connectivity index (χ0v) is 11.4. The van der Waals surface area contributed by atoms with Gasteiger partial charge in [0.2, 0.25) is 0 Å². The lowest BCUT2D eigenvalue weighted by Crippen LogP contribution is -2.40. The molecule has 6 heteroatoms. The zero-order chi connectivity index (χ0) is 14.2. The van der Waals surface area contributed by atoms with Gasteiger partial charge >= 0.3 is 5.97 Å². The molecule has 1 atom stereocenters. The predicted molar refractivity (Wildman–Crippen MR) is 68.8 cm³/mol. The Kier molecular flexibility index (Phi) is 3.34. The molecule has 1 fully saturated rings. The second-order valence-corrected chi connectivity index (χ2v) is 5.53. The van der Waals surface area contributed by atoms with Crippen molar-refractivity contribution >= 4 is 11.9 Å². The zero-order valence-electron chi connectivity index (χ0n) is 11.4. The molecule has 1 unspecified atom stereocenters. The molecule has 0 saturated carbocycles. The maximum atomic E-state index is 12.2. The van der Waals surface area contributed by atoms with Crippen LogP contribution in [0.5, 0.6) is 0 Å². The van der Waals surface area contributed by atoms with Crippen LogP contribution in [-0.4, -0.2) is 45.2 Å². The van der Waals surface area contributed by atoms with Crippen LogP contribution in [0.4, 0.5) is 0 Å². The second-order valence-electron chi connectivity index (χ2n) is 5.53. The maximum Gasteiger partial charge on any atom is 0.311 e. The molecular formula is C13H19N3O3. The summed E-state index contributed by atoms with van der Waals surface area (Å²) in [4.78, 5) is 25.3. The molecule has 1 aromatic rings. The fourth-order valence-electron chi connectivity index (χ4n) is 2.59. The number of nitrogens with zero attached hydrogens (tertiary/aromatic N) is 2. The summed E-state index contributed by atoms with van der Waals surface area (Å²) >= 11 is 0. The molecule has 2 N–H and O–H groups in total. The summed E-state index contributed by atoms with van der Waals surface area (Å²) in [6.07, 6.45) is 0.495. The fraction of sp³-hybridized carbons (Fsp3) is 0.615. The molecule has 0 aromatic carbocycles. The number of aromatic amines is 1. The SMILES string of the molecule is Cc1cc(C(=O)N2CCC(C(=O)O)(C(C)C)C2)n[nH]1. The number of likely N-dealkylation sites (tertiary alicyclic amines) is 1. The minimum absolute atomic E-state index is 0.0104. The second kappa shape index (κ2) is 4.68. The van der Waals surface area contributed by atoms with Crippen LogP contribution in [0.1, 0.15) is 36.5 Å². The van der Waals surface area contributed by atoms with Crippen molar-refractivity contribution in [1.82, 2.24) is 15.1 Å². The number of hydrogen-bond acceptors (Lipinski definition) is 3. The van der Waals surface area contributed by atoms with Crippen LogP contribution in [0.2, 0.25) is 0 Å². The number of rotatable bonds is 3. The van der Waals surface area contributed by atoms with Crippen molar-refractivity contribution < 1.29 is 14.7 Å². The number of aromatic nitrogens is 2. The van der Waals surface area contributed by atoms with E-state index in [0.717, 1.165) is 5.69 Å². The average molecular weight is 265 g/mol. The molecule has 1 aliphatic rings. The Morgan fingerprint density at radius 3 is 2.63 bits per heavy atom. The highest BCUT2D eigenvalue weighted by Gasteiger charge is 2.48. The standard InChI is InChI=1S/C13H19N3O3/c1-8(2)13(12(18)19)4-5-16(7-13)11(17)10-6-9(3)14-15-10/h6,8H,4-5,7H2,1-3H3,(H,14,15)(H,18,19). The highest BCUT2D eigenvalue weighted by atomic mass is 16.4. The highest BCUT2D eigenvalue weighted by molar-refractivity contribution is 5.93. The van der Waals surface area contributed by atoms with Gasteiger partial charge in [-0.25, -0.2) is 0 Å². The van der Waals surface area contributed by atoms with Crippen LogP contribution in [0.25, 0.3) is 0 Å². The topological polar surface area (TPSA) is 86.3 Å². The Labute approximate surface area is 111 Å². The van der Waals surface area contributed by atoms with Gasteiger partial charge in [-0.2, -0.15) is 5.10 Å². The predicted octanol–water partition coefficient (Wildman–Crippen LogP) is 1.29. The van der Waals surface area contributed by atoms with Gasteiger partial charge in [-0.3, -0.25) is 14.7 Å². The summed E-state index contributed by atoms with van der Waals surface area (Å²) in [5, 5.41) is 16.1. The third kappa shape index (κ3) is 2.22. The van der Waals surface area contributed by atoms with Gasteiger partial charge < -0.3 is 10.0 Å². The Bertz CT molecular complexity index is 509. The van der Waals surface area contributed by atoms with Gasteiger partial charge in [0.05, 0.1) is 5.41 Å². The van der Waals surface area contributed by atoms with Crippen molar-refractivity contribution in [2.75, 3.05) is 13.1 Å². The summed E-state index contributed by atoms with van der Waals surface area (Å²) in [6.45, 7) is 6.32. The highest BCUT2D eigenvalue weighted by Crippen LogP contribution is 2.38. The number of aryl methyl sites for hydroxylation is 1. The van der Waals surface area contributed by atoms with Gasteiger partial charge in [-0.15, -0.1) is 0 Å². The van der Waals surface area contributed by atoms with Gasteiger partial charge in [0, 0.05) is 18.8 Å². The van der Waals surface area contributed by atoms with Crippen molar-refractivity contribution in [3.8, 4) is 0 Å². The molecule has 0 spiro atoms. The number of amides is 1. The maximum absolute atomic E-state index is 12.2. The van der Waals surface area contributed by atoms with Crippen LogP contribution < -0.4 is 0 Å². The first-order valence-electron chi connectivity index (χ1n) is 6.41. The monoisotopic (exact) mass is 265 g/mol. The van der Waals surface area contributed by atoms with Crippen LogP contribution >= 0.6 is 0 Å². The van der Waals surface area contributed by atoms with Crippen molar-refractivity contribution in [2.45, 2.75) is 27.2 Å². The molecular weight excluding hydrogens is 246 g/mol. The molecule has 19 heavy (non-hydrogen) atoms. The first-order chi connectivity index (χ1) is 8.86. The number of carbonyl (C=O) groups is 2. The van der Waals surface area contributed by atoms with E-state index in [0.29, 0.717) is 18.7 Å². The molecule has 2 rings (SSSR count). The molecule has 1 saturated heterocycles. The Morgan fingerprint density at radius 1 is 1.53 bits per heavy atom. The van der Waals surface area contributed by atoms with Crippen LogP contribution in [0.15, 0.2) is 6.07 Å². The number of hydrogen-bond donors (Lipinski definition) is 2. The number of carbonyl (C=O) groups excluding carboxylic acids is 1. The Hall–Kier alpha value is -1.85. The molecule has 0 bridgehead atoms. The first kappa shape index (κ1) is 13.6. The third-order valence-corrected chi connectivity index (χ3v) is 4.04. The summed E-state index contributed by atoms with van der Waals surface area (Å²) in [5.41, 5.74) is 0.333. The van der Waals surface area contributed by atoms with E-state index in [9.17, 15) is 14.7 Å². The van der Waals surface area contributed by atoms with E-state index in [1.54, 1.807) is 11.0 Å². The van der Waals surface area contributed by atoms with E-state index in [-0.39, 0.29) is 18.4 Å². The van der Waals surface area contributed by atoms with Crippen LogP contribution in [0, 0.1) is 18.3 Å². The average Bonchev–Trinajstić information content (AvgIpc) is 2.94. The summed E-state index contributed by atoms with van der Waals surface area (Å²) < 4.78 is 0. The van der Waals surface area contributed by atoms with Gasteiger partial charge in [0.25, 0.3) is 5.91 Å². The lowest BCUT2D eigenvalue weighted by molar-refractivity contribution is -0.150. The molecule has 104 valence electrons. The lowest BCUT2D eigenvalue weighted by Gasteiger charge is -2.28. The smallest absolute Gasteiger partial charge is 0.311 e. The third-order valence-electron chi connectivity index (χ3n) is 4.04. The molecule has 0 radical (unpaired) electrons. The number of carboxylic acids is 1. The first-order valence-corrected chi connectivity index (χ1v) is 6.41. The number of aliphatic carboxylic acids is 1. The van der Waals surface area contributed by atoms with E-state index in [1.807, 2.05) is 20.8 Å². The number of H-pyrrole nitrogens is 1. The molecule has 0 aliphatic carbocycles. The fourth-order valence-corrected chi connectivity index (χ4v) is 2.59. The molecule has 1 aromatic heterocycles. The normalized spacial score (nSPS) is 23.1. The minimum Gasteiger partial charge on any atom is -0.481 e. The quantitative estimate of drug-likeness (QED) is 0.862. The lowest BCUT2D eigenvalue weighted by atomic mass is 9.76. The van der Waals surface area contributed by atoms with E-state index in [1.165, 1.54) is 0 Å². The summed E-state index contributed by atoms with van der Waals surface area (Å²) in [7, 11) is 0. The van der Waals surface area contributed by atoms with Crippen molar-refractivity contribution in [3.63, 3.8) is 0 Å². The van der Waals surface area contributed by atoms with Gasteiger partial charge in [0.15, 0.2) is 0 Å². The molecule has 6 nitrogen and oxygen atoms in total. The molecule has 1 aliphatic heterocycles. The Morgan fingerprint density at radius 2 is 2.21 bits per heavy atom.